The Morgan fingerprint density at radius 2 is 1.79 bits per heavy atom. The Hall–Kier alpha value is -1.60. The van der Waals surface area contributed by atoms with Crippen molar-refractivity contribution in [2.75, 3.05) is 63.1 Å². The lowest BCUT2D eigenvalue weighted by Gasteiger charge is -2.20. The third kappa shape index (κ3) is 3.89. The lowest BCUT2D eigenvalue weighted by molar-refractivity contribution is -0.117. The first-order valence-electron chi connectivity index (χ1n) is 9.04. The molecule has 1 aromatic heterocycles. The summed E-state index contributed by atoms with van der Waals surface area (Å²) in [6.07, 6.45) is 3.52. The molecule has 2 aliphatic rings. The largest absolute Gasteiger partial charge is 0.353 e. The van der Waals surface area contributed by atoms with Crippen LogP contribution in [0.15, 0.2) is 0 Å². The van der Waals surface area contributed by atoms with E-state index < -0.39 is 0 Å². The minimum atomic E-state index is 0.0658. The second-order valence-electron chi connectivity index (χ2n) is 7.08. The van der Waals surface area contributed by atoms with Crippen molar-refractivity contribution in [1.29, 1.82) is 0 Å². The highest BCUT2D eigenvalue weighted by atomic mass is 16.2. The van der Waals surface area contributed by atoms with E-state index in [2.05, 4.69) is 32.2 Å². The van der Waals surface area contributed by atoms with Crippen LogP contribution < -0.4 is 10.2 Å². The van der Waals surface area contributed by atoms with Gasteiger partial charge in [-0.3, -0.25) is 14.4 Å². The summed E-state index contributed by atoms with van der Waals surface area (Å²) in [5.41, 5.74) is 1.90. The van der Waals surface area contributed by atoms with Crippen molar-refractivity contribution in [3.8, 4) is 0 Å². The minimum Gasteiger partial charge on any atom is -0.353 e. The van der Waals surface area contributed by atoms with E-state index in [0.29, 0.717) is 6.54 Å². The lowest BCUT2D eigenvalue weighted by atomic mass is 10.3. The van der Waals surface area contributed by atoms with Gasteiger partial charge in [0, 0.05) is 33.2 Å². The van der Waals surface area contributed by atoms with Crippen molar-refractivity contribution >= 4 is 17.4 Å². The van der Waals surface area contributed by atoms with Crippen LogP contribution >= 0.6 is 0 Å². The molecule has 0 atom stereocenters. The van der Waals surface area contributed by atoms with Crippen LogP contribution in [0.4, 0.5) is 11.5 Å². The highest BCUT2D eigenvalue weighted by molar-refractivity contribution is 5.95. The monoisotopic (exact) mass is 334 g/mol. The third-order valence-electron chi connectivity index (χ3n) is 5.16. The molecule has 2 fully saturated rings. The molecule has 0 bridgehead atoms. The number of carbonyl (C=O) groups excluding carboxylic acids is 1. The topological polar surface area (TPSA) is 56.6 Å². The predicted molar refractivity (Wildman–Crippen MR) is 96.6 cm³/mol. The van der Waals surface area contributed by atoms with Crippen molar-refractivity contribution < 1.29 is 4.79 Å². The van der Waals surface area contributed by atoms with E-state index in [4.69, 9.17) is 0 Å². The molecule has 1 amide bonds. The Morgan fingerprint density at radius 3 is 2.54 bits per heavy atom. The van der Waals surface area contributed by atoms with Crippen molar-refractivity contribution in [2.24, 2.45) is 7.05 Å². The summed E-state index contributed by atoms with van der Waals surface area (Å²) >= 11 is 0. The fourth-order valence-corrected chi connectivity index (χ4v) is 3.53. The standard InChI is InChI=1S/C17H30N6O/c1-14-16(17(19-21(14)3)23-9-4-5-10-23)18-15(24)13-22-8-6-7-20(2)11-12-22/h4-13H2,1-3H3,(H,18,24). The summed E-state index contributed by atoms with van der Waals surface area (Å²) in [7, 11) is 4.08. The molecule has 7 heteroatoms. The number of aryl methyl sites for hydroxylation is 1. The highest BCUT2D eigenvalue weighted by Crippen LogP contribution is 2.30. The molecule has 2 aliphatic heterocycles. The number of hydrogen-bond donors (Lipinski definition) is 1. The molecule has 0 radical (unpaired) electrons. The number of aromatic nitrogens is 2. The summed E-state index contributed by atoms with van der Waals surface area (Å²) in [5.74, 6) is 0.993. The maximum Gasteiger partial charge on any atom is 0.238 e. The summed E-state index contributed by atoms with van der Waals surface area (Å²) < 4.78 is 1.87. The van der Waals surface area contributed by atoms with Gasteiger partial charge in [0.1, 0.15) is 5.69 Å². The molecule has 1 aromatic rings. The Balaban J connectivity index is 1.65. The quantitative estimate of drug-likeness (QED) is 0.887. The van der Waals surface area contributed by atoms with E-state index in [1.165, 1.54) is 12.8 Å². The van der Waals surface area contributed by atoms with Crippen LogP contribution in [0.2, 0.25) is 0 Å². The molecule has 3 heterocycles. The van der Waals surface area contributed by atoms with Gasteiger partial charge < -0.3 is 15.1 Å². The van der Waals surface area contributed by atoms with Crippen LogP contribution in [-0.4, -0.2) is 78.3 Å². The predicted octanol–water partition coefficient (Wildman–Crippen LogP) is 0.905. The van der Waals surface area contributed by atoms with Crippen LogP contribution in [0.1, 0.15) is 25.0 Å². The van der Waals surface area contributed by atoms with Gasteiger partial charge in [0.15, 0.2) is 5.82 Å². The van der Waals surface area contributed by atoms with E-state index in [1.807, 2.05) is 18.7 Å². The molecule has 134 valence electrons. The number of hydrogen-bond acceptors (Lipinski definition) is 5. The van der Waals surface area contributed by atoms with Gasteiger partial charge in [0.05, 0.1) is 12.2 Å². The van der Waals surface area contributed by atoms with E-state index in [1.54, 1.807) is 0 Å². The summed E-state index contributed by atoms with van der Waals surface area (Å²) in [5, 5.41) is 7.76. The van der Waals surface area contributed by atoms with Gasteiger partial charge in [-0.2, -0.15) is 5.10 Å². The van der Waals surface area contributed by atoms with Gasteiger partial charge in [-0.25, -0.2) is 0 Å². The van der Waals surface area contributed by atoms with Crippen molar-refractivity contribution in [3.05, 3.63) is 5.69 Å². The van der Waals surface area contributed by atoms with Crippen molar-refractivity contribution in [1.82, 2.24) is 19.6 Å². The third-order valence-corrected chi connectivity index (χ3v) is 5.16. The number of likely N-dealkylation sites (N-methyl/N-ethyl adjacent to an activating group) is 1. The molecule has 0 saturated carbocycles. The smallest absolute Gasteiger partial charge is 0.238 e. The average molecular weight is 334 g/mol. The van der Waals surface area contributed by atoms with Gasteiger partial charge in [-0.1, -0.05) is 0 Å². The molecule has 0 unspecified atom stereocenters. The number of amides is 1. The molecule has 0 spiro atoms. The Labute approximate surface area is 144 Å². The van der Waals surface area contributed by atoms with Crippen LogP contribution in [0.5, 0.6) is 0 Å². The number of nitrogens with zero attached hydrogens (tertiary/aromatic N) is 5. The summed E-state index contributed by atoms with van der Waals surface area (Å²) in [6, 6.07) is 0. The van der Waals surface area contributed by atoms with Gasteiger partial charge in [-0.05, 0) is 46.3 Å². The van der Waals surface area contributed by atoms with Crippen LogP contribution in [0.25, 0.3) is 0 Å². The first-order valence-corrected chi connectivity index (χ1v) is 9.04. The highest BCUT2D eigenvalue weighted by Gasteiger charge is 2.24. The normalized spacial score (nSPS) is 20.4. The van der Waals surface area contributed by atoms with Crippen LogP contribution in [0, 0.1) is 6.92 Å². The molecular formula is C17H30N6O. The maximum absolute atomic E-state index is 12.6. The van der Waals surface area contributed by atoms with E-state index >= 15 is 0 Å². The summed E-state index contributed by atoms with van der Waals surface area (Å²) in [4.78, 5) is 19.4. The van der Waals surface area contributed by atoms with E-state index in [9.17, 15) is 4.79 Å². The fourth-order valence-electron chi connectivity index (χ4n) is 3.53. The molecule has 24 heavy (non-hydrogen) atoms. The summed E-state index contributed by atoms with van der Waals surface area (Å²) in [6.45, 7) is 8.61. The Morgan fingerprint density at radius 1 is 1.04 bits per heavy atom. The molecule has 1 N–H and O–H groups in total. The molecule has 3 rings (SSSR count). The number of carbonyl (C=O) groups is 1. The zero-order valence-corrected chi connectivity index (χ0v) is 15.2. The fraction of sp³-hybridized carbons (Fsp3) is 0.765. The minimum absolute atomic E-state index is 0.0658. The Kier molecular flexibility index (Phi) is 5.40. The van der Waals surface area contributed by atoms with Gasteiger partial charge in [-0.15, -0.1) is 0 Å². The second-order valence-corrected chi connectivity index (χ2v) is 7.08. The number of rotatable bonds is 4. The molecule has 0 aliphatic carbocycles. The molecular weight excluding hydrogens is 304 g/mol. The van der Waals surface area contributed by atoms with Crippen LogP contribution in [0.3, 0.4) is 0 Å². The lowest BCUT2D eigenvalue weighted by Crippen LogP contribution is -2.36. The molecule has 2 saturated heterocycles. The molecule has 7 nitrogen and oxygen atoms in total. The number of nitrogens with one attached hydrogen (secondary N) is 1. The number of anilines is 2. The zero-order chi connectivity index (χ0) is 17.1. The van der Waals surface area contributed by atoms with Crippen LogP contribution in [-0.2, 0) is 11.8 Å². The molecule has 0 aromatic carbocycles. The van der Waals surface area contributed by atoms with E-state index in [0.717, 1.165) is 62.9 Å². The average Bonchev–Trinajstić information content (AvgIpc) is 3.11. The second kappa shape index (κ2) is 7.53. The van der Waals surface area contributed by atoms with Gasteiger partial charge in [0.2, 0.25) is 5.91 Å². The first kappa shape index (κ1) is 17.2. The van der Waals surface area contributed by atoms with Gasteiger partial charge >= 0.3 is 0 Å². The maximum atomic E-state index is 12.6. The Bertz CT molecular complexity index is 578. The van der Waals surface area contributed by atoms with E-state index in [-0.39, 0.29) is 5.91 Å². The first-order chi connectivity index (χ1) is 11.5. The van der Waals surface area contributed by atoms with Gasteiger partial charge in [0.25, 0.3) is 0 Å². The zero-order valence-electron chi connectivity index (χ0n) is 15.2. The SMILES string of the molecule is Cc1c(NC(=O)CN2CCCN(C)CC2)c(N2CCCC2)nn1C. The van der Waals surface area contributed by atoms with Crippen molar-refractivity contribution in [3.63, 3.8) is 0 Å². The van der Waals surface area contributed by atoms with Crippen molar-refractivity contribution in [2.45, 2.75) is 26.2 Å².